The number of alkyl halides is 6. The molecule has 8 heterocycles. The molecule has 480 valence electrons. The maximum atomic E-state index is 13.1. The molecule has 0 aliphatic carbocycles. The summed E-state index contributed by atoms with van der Waals surface area (Å²) in [6.07, 6.45) is 1.97. The molecular weight excluding hydrogens is 1310 g/mol. The number of amides is 4. The van der Waals surface area contributed by atoms with Crippen molar-refractivity contribution >= 4 is 131 Å². The van der Waals surface area contributed by atoms with Crippen LogP contribution >= 0.6 is 46.2 Å². The number of carbonyl (C=O) groups is 9. The number of rotatable bonds is 18. The van der Waals surface area contributed by atoms with E-state index in [9.17, 15) is 85.1 Å². The van der Waals surface area contributed by atoms with Crippen LogP contribution in [0.2, 0.25) is 0 Å². The van der Waals surface area contributed by atoms with Crippen molar-refractivity contribution in [3.63, 3.8) is 0 Å². The number of thioether (sulfide) groups is 2. The number of aromatic nitrogens is 4. The first-order valence-corrected chi connectivity index (χ1v) is 29.4. The van der Waals surface area contributed by atoms with E-state index in [4.69, 9.17) is 44.0 Å². The highest BCUT2D eigenvalue weighted by atomic mass is 32.2. The third kappa shape index (κ3) is 17.8. The third-order valence-corrected chi connectivity index (χ3v) is 16.0. The molecule has 0 radical (unpaired) electrons. The van der Waals surface area contributed by atoms with E-state index in [2.05, 4.69) is 30.9 Å². The van der Waals surface area contributed by atoms with Crippen LogP contribution in [-0.2, 0) is 76.0 Å². The van der Waals surface area contributed by atoms with E-state index in [1.54, 1.807) is 33.9 Å². The summed E-state index contributed by atoms with van der Waals surface area (Å²) in [6.45, 7) is 5.56. The summed E-state index contributed by atoms with van der Waals surface area (Å²) in [5.41, 5.74) is 1.29. The third-order valence-electron chi connectivity index (χ3n) is 11.7. The second-order valence-electron chi connectivity index (χ2n) is 18.8. The molecule has 42 heteroatoms. The largest absolute Gasteiger partial charge is 0.741 e. The lowest BCUT2D eigenvalue weighted by Gasteiger charge is -2.49. The van der Waals surface area contributed by atoms with Crippen LogP contribution in [0.5, 0.6) is 0 Å². The summed E-state index contributed by atoms with van der Waals surface area (Å²) in [5, 5.41) is 62.8. The lowest BCUT2D eigenvalue weighted by molar-refractivity contribution is -0.688. The first-order chi connectivity index (χ1) is 41.2. The van der Waals surface area contributed by atoms with Crippen molar-refractivity contribution < 1.29 is 127 Å². The second kappa shape index (κ2) is 28.4. The summed E-state index contributed by atoms with van der Waals surface area (Å²) in [6, 6.07) is 7.69. The van der Waals surface area contributed by atoms with Gasteiger partial charge in [-0.25, -0.2) is 46.7 Å². The Labute approximate surface area is 512 Å². The van der Waals surface area contributed by atoms with Gasteiger partial charge in [-0.05, 0) is 27.7 Å². The van der Waals surface area contributed by atoms with E-state index in [1.165, 1.54) is 71.8 Å². The Balaban J connectivity index is 0.000000263. The minimum atomic E-state index is -6.09. The average molecular weight is 1360 g/mol. The van der Waals surface area contributed by atoms with Crippen LogP contribution in [0.4, 0.5) is 36.6 Å². The number of allylic oxidation sites excluding steroid dienone is 2. The van der Waals surface area contributed by atoms with Gasteiger partial charge in [-0.15, -0.1) is 46.2 Å². The molecule has 8 rings (SSSR count). The molecule has 2 saturated heterocycles. The van der Waals surface area contributed by atoms with E-state index in [-0.39, 0.29) is 57.6 Å². The van der Waals surface area contributed by atoms with Gasteiger partial charge >= 0.3 is 35.6 Å². The minimum Gasteiger partial charge on any atom is -0.741 e. The van der Waals surface area contributed by atoms with Gasteiger partial charge in [-0.3, -0.25) is 29.0 Å². The van der Waals surface area contributed by atoms with Gasteiger partial charge < -0.3 is 66.7 Å². The molecule has 4 amide bonds. The van der Waals surface area contributed by atoms with Crippen molar-refractivity contribution in [1.82, 2.24) is 30.4 Å². The monoisotopic (exact) mass is 1360 g/mol. The molecule has 2 fully saturated rings. The smallest absolute Gasteiger partial charge is 0.485 e. The SMILES string of the molecule is CC(C)(ON=C(C(=O)NC1C(=O)N2C(C(=O)O)=C(C[n+]3ccccc3)SCC12)c1csc(N)n1)C(=O)O.CC(C)(ON=C(C(=O)NC1C(=O)N2C(C(=O)O)=C(C[n+]3ccccc3)SCC12)c1csc(N)n1)C(=O)O.O=C([O-])C(F)(F)F.O=S(=O)([O-])C(F)(F)F. The molecule has 31 nitrogen and oxygen atoms in total. The van der Waals surface area contributed by atoms with Gasteiger partial charge in [0.2, 0.25) is 11.2 Å². The molecule has 4 atom stereocenters. The number of nitrogen functional groups attached to an aromatic ring is 2. The molecule has 89 heavy (non-hydrogen) atoms. The van der Waals surface area contributed by atoms with Crippen LogP contribution < -0.4 is 36.3 Å². The molecule has 4 aromatic rings. The Morgan fingerprint density at radius 3 is 1.22 bits per heavy atom. The minimum absolute atomic E-state index is 0.0381. The van der Waals surface area contributed by atoms with Gasteiger partial charge in [0.25, 0.3) is 23.6 Å². The Hall–Kier alpha value is -9.00. The number of thiazole rings is 2. The molecule has 0 spiro atoms. The first-order valence-electron chi connectivity index (χ1n) is 24.2. The van der Waals surface area contributed by atoms with Crippen molar-refractivity contribution in [3.8, 4) is 0 Å². The summed E-state index contributed by atoms with van der Waals surface area (Å²) in [7, 11) is -6.09. The number of β-lactam (4-membered cyclic amide) rings is 2. The van der Waals surface area contributed by atoms with Crippen LogP contribution in [0.15, 0.2) is 103 Å². The number of hydrogen-bond acceptors (Lipinski definition) is 25. The van der Waals surface area contributed by atoms with Gasteiger partial charge in [0.15, 0.2) is 69.7 Å². The summed E-state index contributed by atoms with van der Waals surface area (Å²) in [5.74, 6) is -10.3. The normalized spacial score (nSPS) is 18.5. The van der Waals surface area contributed by atoms with Crippen molar-refractivity contribution in [3.05, 3.63) is 105 Å². The zero-order valence-electron chi connectivity index (χ0n) is 45.5. The molecule has 4 aliphatic heterocycles. The van der Waals surface area contributed by atoms with Gasteiger partial charge in [0.05, 0.1) is 21.9 Å². The topological polar surface area (TPSA) is 474 Å². The highest BCUT2D eigenvalue weighted by Crippen LogP contribution is 2.41. The van der Waals surface area contributed by atoms with E-state index in [1.807, 2.05) is 36.4 Å². The van der Waals surface area contributed by atoms with E-state index in [0.717, 1.165) is 22.7 Å². The van der Waals surface area contributed by atoms with Crippen molar-refractivity contribution in [1.29, 1.82) is 0 Å². The van der Waals surface area contributed by atoms with Gasteiger partial charge in [0.1, 0.15) is 40.8 Å². The number of carboxylic acids is 5. The zero-order chi connectivity index (χ0) is 66.9. The number of aliphatic carboxylic acids is 5. The fraction of sp³-hybridized carbons (Fsp3) is 0.340. The zero-order valence-corrected chi connectivity index (χ0v) is 49.6. The lowest BCUT2D eigenvalue weighted by Crippen LogP contribution is -2.73. The maximum Gasteiger partial charge on any atom is 0.485 e. The van der Waals surface area contributed by atoms with E-state index in [0.29, 0.717) is 21.3 Å². The molecular formula is C47H46F6N12O19S5. The lowest BCUT2D eigenvalue weighted by atomic mass is 9.94. The molecule has 4 aliphatic rings. The van der Waals surface area contributed by atoms with Crippen LogP contribution in [0.3, 0.4) is 0 Å². The molecule has 0 bridgehead atoms. The highest BCUT2D eigenvalue weighted by molar-refractivity contribution is 8.03. The Bertz CT molecular complexity index is 3460. The van der Waals surface area contributed by atoms with Gasteiger partial charge in [0, 0.05) is 46.5 Å². The number of nitrogens with one attached hydrogen (secondary N) is 2. The summed E-state index contributed by atoms with van der Waals surface area (Å²) >= 11 is 4.67. The fourth-order valence-corrected chi connectivity index (χ4v) is 10.8. The second-order valence-corrected chi connectivity index (χ2v) is 24.2. The summed E-state index contributed by atoms with van der Waals surface area (Å²) in [4.78, 5) is 130. The number of nitrogens with two attached hydrogens (primary N) is 2. The number of carbonyl (C=O) groups excluding carboxylic acids is 5. The Morgan fingerprint density at radius 2 is 0.978 bits per heavy atom. The van der Waals surface area contributed by atoms with Gasteiger partial charge in [-0.2, -0.15) is 26.3 Å². The predicted molar refractivity (Wildman–Crippen MR) is 291 cm³/mol. The molecule has 4 aromatic heterocycles. The number of hydrogen-bond donors (Lipinski definition) is 8. The number of anilines is 2. The van der Waals surface area contributed by atoms with Crippen molar-refractivity contribution in [2.75, 3.05) is 23.0 Å². The number of pyridine rings is 2. The summed E-state index contributed by atoms with van der Waals surface area (Å²) < 4.78 is 94.1. The molecule has 10 N–H and O–H groups in total. The standard InChI is InChI=1S/2C22H22N6O7S2.C2HF3O2.CHF3O3S/c2*1-22(2,20(33)34)35-26-14(11-9-37-21(23)24-11)17(29)25-15-12-10-36-13(8-27-6-4-3-5-7-27)16(19(31)32)28(12)18(15)30;3-2(4,5)1(6)7;2-1(3,4)8(5,6)7/h2*3-7,9,12,15H,8,10H2,1-2H3,(H4-,23,24,25,29,31,32,33,34);(H,6,7);(H,5,6,7). The van der Waals surface area contributed by atoms with Gasteiger partial charge in [-0.1, -0.05) is 22.4 Å². The number of fused-ring (bicyclic) bond motifs is 2. The average Bonchev–Trinajstić information content (AvgIpc) is 1.37. The maximum absolute atomic E-state index is 13.1. The molecule has 0 aromatic carbocycles. The van der Waals surface area contributed by atoms with Crippen molar-refractivity contribution in [2.45, 2.75) is 87.8 Å². The fourth-order valence-electron chi connectivity index (χ4n) is 7.19. The quantitative estimate of drug-likeness (QED) is 0.0117. The number of nitrogens with zero attached hydrogens (tertiary/aromatic N) is 8. The predicted octanol–water partition coefficient (Wildman–Crippen LogP) is -0.579. The Morgan fingerprint density at radius 1 is 0.663 bits per heavy atom. The van der Waals surface area contributed by atoms with E-state index >= 15 is 0 Å². The number of halogens is 6. The van der Waals surface area contributed by atoms with Crippen LogP contribution in [-0.4, -0.2) is 177 Å². The highest BCUT2D eigenvalue weighted by Gasteiger charge is 2.56. The van der Waals surface area contributed by atoms with Crippen LogP contribution in [0.25, 0.3) is 0 Å². The molecule has 0 saturated carbocycles. The Kier molecular flexibility index (Phi) is 22.6. The van der Waals surface area contributed by atoms with E-state index < -0.39 is 111 Å². The first kappa shape index (κ1) is 70.8. The van der Waals surface area contributed by atoms with Crippen LogP contribution in [0, 0.1) is 0 Å². The van der Waals surface area contributed by atoms with Crippen molar-refractivity contribution in [2.24, 2.45) is 10.3 Å². The van der Waals surface area contributed by atoms with Crippen LogP contribution in [0.1, 0.15) is 39.1 Å². The number of carboxylic acid groups (broad SMARTS) is 5. The molecule has 4 unspecified atom stereocenters. The number of oxime groups is 2.